The molecule has 6 heteroatoms. The van der Waals surface area contributed by atoms with E-state index in [9.17, 15) is 4.39 Å². The van der Waals surface area contributed by atoms with E-state index in [-0.39, 0.29) is 17.4 Å². The molecule has 2 aromatic rings. The Balaban J connectivity index is 2.10. The van der Waals surface area contributed by atoms with E-state index in [1.54, 1.807) is 23.5 Å². The molecular formula is C14H16FN3OS. The van der Waals surface area contributed by atoms with Gasteiger partial charge in [-0.2, -0.15) is 0 Å². The van der Waals surface area contributed by atoms with Crippen LogP contribution in [0.4, 0.5) is 4.39 Å². The lowest BCUT2D eigenvalue weighted by Gasteiger charge is -2.13. The molecule has 0 saturated heterocycles. The largest absolute Gasteiger partial charge is 0.409 e. The molecule has 20 heavy (non-hydrogen) atoms. The summed E-state index contributed by atoms with van der Waals surface area (Å²) in [5.74, 6) is -0.690. The lowest BCUT2D eigenvalue weighted by Crippen LogP contribution is -2.20. The molecule has 4 N–H and O–H groups in total. The molecular weight excluding hydrogens is 277 g/mol. The summed E-state index contributed by atoms with van der Waals surface area (Å²) in [5, 5.41) is 16.7. The molecule has 0 saturated carbocycles. The molecule has 4 nitrogen and oxygen atoms in total. The second kappa shape index (κ2) is 6.49. The van der Waals surface area contributed by atoms with E-state index in [1.165, 1.54) is 10.9 Å². The zero-order chi connectivity index (χ0) is 14.5. The molecule has 1 atom stereocenters. The summed E-state index contributed by atoms with van der Waals surface area (Å²) in [5.41, 5.74) is 6.03. The lowest BCUT2D eigenvalue weighted by molar-refractivity contribution is 0.318. The van der Waals surface area contributed by atoms with Gasteiger partial charge in [0, 0.05) is 23.0 Å². The summed E-state index contributed by atoms with van der Waals surface area (Å²) in [4.78, 5) is 1.19. The predicted octanol–water partition coefficient (Wildman–Crippen LogP) is 2.83. The number of thiophene rings is 1. The van der Waals surface area contributed by atoms with Gasteiger partial charge < -0.3 is 16.3 Å². The summed E-state index contributed by atoms with van der Waals surface area (Å²) in [6.45, 7) is 2.40. The molecule has 1 aromatic heterocycles. The number of hydrogen-bond acceptors (Lipinski definition) is 4. The van der Waals surface area contributed by atoms with Crippen LogP contribution in [-0.4, -0.2) is 11.0 Å². The predicted molar refractivity (Wildman–Crippen MR) is 78.5 cm³/mol. The van der Waals surface area contributed by atoms with Crippen molar-refractivity contribution in [3.63, 3.8) is 0 Å². The molecule has 0 aliphatic rings. The number of hydrogen-bond donors (Lipinski definition) is 3. The topological polar surface area (TPSA) is 70.6 Å². The number of halogens is 1. The highest BCUT2D eigenvalue weighted by Crippen LogP contribution is 2.19. The van der Waals surface area contributed by atoms with E-state index in [0.717, 1.165) is 0 Å². The SMILES string of the molecule is C[C@H](NCc1cccc(/C(N)=N/O)c1F)c1cccs1. The van der Waals surface area contributed by atoms with Gasteiger partial charge in [-0.05, 0) is 24.4 Å². The Hall–Kier alpha value is -1.92. The van der Waals surface area contributed by atoms with Crippen molar-refractivity contribution in [1.29, 1.82) is 0 Å². The molecule has 0 amide bonds. The van der Waals surface area contributed by atoms with Gasteiger partial charge in [-0.3, -0.25) is 0 Å². The maximum absolute atomic E-state index is 14.2. The first-order chi connectivity index (χ1) is 9.63. The molecule has 1 aromatic carbocycles. The van der Waals surface area contributed by atoms with Crippen LogP contribution in [-0.2, 0) is 6.54 Å². The fraction of sp³-hybridized carbons (Fsp3) is 0.214. The van der Waals surface area contributed by atoms with Gasteiger partial charge in [0.05, 0.1) is 5.56 Å². The normalized spacial score (nSPS) is 13.4. The van der Waals surface area contributed by atoms with Crippen molar-refractivity contribution in [2.24, 2.45) is 10.9 Å². The zero-order valence-electron chi connectivity index (χ0n) is 11.0. The van der Waals surface area contributed by atoms with Crippen LogP contribution in [0.3, 0.4) is 0 Å². The molecule has 0 unspecified atom stereocenters. The molecule has 0 bridgehead atoms. The highest BCUT2D eigenvalue weighted by atomic mass is 32.1. The van der Waals surface area contributed by atoms with Crippen LogP contribution in [0.15, 0.2) is 40.9 Å². The molecule has 0 fully saturated rings. The summed E-state index contributed by atoms with van der Waals surface area (Å²) in [6, 6.07) is 9.00. The Bertz CT molecular complexity index is 598. The van der Waals surface area contributed by atoms with Crippen molar-refractivity contribution in [3.8, 4) is 0 Å². The van der Waals surface area contributed by atoms with E-state index in [0.29, 0.717) is 12.1 Å². The lowest BCUT2D eigenvalue weighted by atomic mass is 10.1. The van der Waals surface area contributed by atoms with Crippen molar-refractivity contribution in [3.05, 3.63) is 57.5 Å². The number of oxime groups is 1. The van der Waals surface area contributed by atoms with E-state index < -0.39 is 5.82 Å². The third kappa shape index (κ3) is 3.15. The average molecular weight is 293 g/mol. The Morgan fingerprint density at radius 2 is 2.25 bits per heavy atom. The summed E-state index contributed by atoms with van der Waals surface area (Å²) < 4.78 is 14.2. The minimum atomic E-state index is -0.464. The smallest absolute Gasteiger partial charge is 0.173 e. The number of rotatable bonds is 5. The first-order valence-corrected chi connectivity index (χ1v) is 7.03. The van der Waals surface area contributed by atoms with Gasteiger partial charge in [-0.1, -0.05) is 23.4 Å². The molecule has 0 aliphatic heterocycles. The van der Waals surface area contributed by atoms with E-state index >= 15 is 0 Å². The number of nitrogens with two attached hydrogens (primary N) is 1. The van der Waals surface area contributed by atoms with E-state index in [2.05, 4.69) is 10.5 Å². The number of nitrogens with one attached hydrogen (secondary N) is 1. The summed E-state index contributed by atoms with van der Waals surface area (Å²) in [6.07, 6.45) is 0. The Labute approximate surface area is 120 Å². The first kappa shape index (κ1) is 14.5. The van der Waals surface area contributed by atoms with Crippen molar-refractivity contribution in [1.82, 2.24) is 5.32 Å². The molecule has 0 spiro atoms. The van der Waals surface area contributed by atoms with E-state index in [1.807, 2.05) is 24.4 Å². The Kier molecular flexibility index (Phi) is 4.70. The Morgan fingerprint density at radius 3 is 2.90 bits per heavy atom. The molecule has 106 valence electrons. The first-order valence-electron chi connectivity index (χ1n) is 6.15. The van der Waals surface area contributed by atoms with Crippen LogP contribution in [0, 0.1) is 5.82 Å². The molecule has 0 aliphatic carbocycles. The number of benzene rings is 1. The van der Waals surface area contributed by atoms with Gasteiger partial charge in [0.2, 0.25) is 0 Å². The maximum atomic E-state index is 14.2. The van der Waals surface area contributed by atoms with Crippen molar-refractivity contribution in [2.75, 3.05) is 0 Å². The molecule has 1 heterocycles. The zero-order valence-corrected chi connectivity index (χ0v) is 11.8. The van der Waals surface area contributed by atoms with Gasteiger partial charge in [0.15, 0.2) is 5.84 Å². The van der Waals surface area contributed by atoms with Crippen LogP contribution in [0.5, 0.6) is 0 Å². The number of nitrogens with zero attached hydrogens (tertiary/aromatic N) is 1. The monoisotopic (exact) mass is 293 g/mol. The maximum Gasteiger partial charge on any atom is 0.173 e. The van der Waals surface area contributed by atoms with Crippen molar-refractivity contribution < 1.29 is 9.60 Å². The van der Waals surface area contributed by atoms with Gasteiger partial charge in [0.25, 0.3) is 0 Å². The van der Waals surface area contributed by atoms with Crippen LogP contribution >= 0.6 is 11.3 Å². The Morgan fingerprint density at radius 1 is 1.45 bits per heavy atom. The van der Waals surface area contributed by atoms with Gasteiger partial charge >= 0.3 is 0 Å². The summed E-state index contributed by atoms with van der Waals surface area (Å²) >= 11 is 1.65. The van der Waals surface area contributed by atoms with Crippen LogP contribution in [0.1, 0.15) is 29.0 Å². The fourth-order valence-corrected chi connectivity index (χ4v) is 2.63. The van der Waals surface area contributed by atoms with Gasteiger partial charge in [-0.15, -0.1) is 11.3 Å². The van der Waals surface area contributed by atoms with E-state index in [4.69, 9.17) is 10.9 Å². The third-order valence-electron chi connectivity index (χ3n) is 3.03. The quantitative estimate of drug-likeness (QED) is 0.343. The minimum absolute atomic E-state index is 0.107. The second-order valence-corrected chi connectivity index (χ2v) is 5.36. The third-order valence-corrected chi connectivity index (χ3v) is 4.09. The van der Waals surface area contributed by atoms with Crippen LogP contribution < -0.4 is 11.1 Å². The highest BCUT2D eigenvalue weighted by Gasteiger charge is 2.12. The van der Waals surface area contributed by atoms with Crippen molar-refractivity contribution in [2.45, 2.75) is 19.5 Å². The molecule has 2 rings (SSSR count). The summed E-state index contributed by atoms with van der Waals surface area (Å²) in [7, 11) is 0. The minimum Gasteiger partial charge on any atom is -0.409 e. The molecule has 0 radical (unpaired) electrons. The number of amidine groups is 1. The highest BCUT2D eigenvalue weighted by molar-refractivity contribution is 7.10. The van der Waals surface area contributed by atoms with Crippen molar-refractivity contribution >= 4 is 17.2 Å². The van der Waals surface area contributed by atoms with Gasteiger partial charge in [0.1, 0.15) is 5.82 Å². The fourth-order valence-electron chi connectivity index (χ4n) is 1.87. The van der Waals surface area contributed by atoms with Gasteiger partial charge in [-0.25, -0.2) is 4.39 Å². The van der Waals surface area contributed by atoms with Crippen LogP contribution in [0.25, 0.3) is 0 Å². The second-order valence-electron chi connectivity index (χ2n) is 4.38. The standard InChI is InChI=1S/C14H16FN3OS/c1-9(12-6-3-7-20-12)17-8-10-4-2-5-11(13(10)15)14(16)18-19/h2-7,9,17,19H,8H2,1H3,(H2,16,18)/t9-/m0/s1. The van der Waals surface area contributed by atoms with Crippen LogP contribution in [0.2, 0.25) is 0 Å². The average Bonchev–Trinajstić information content (AvgIpc) is 2.99.